The number of piperidine rings is 2. The molecule has 1 atom stereocenters. The second kappa shape index (κ2) is 19.4. The van der Waals surface area contributed by atoms with Crippen LogP contribution in [-0.4, -0.2) is 121 Å². The highest BCUT2D eigenvalue weighted by Gasteiger charge is 2.27. The lowest BCUT2D eigenvalue weighted by Gasteiger charge is -2.34. The standard InChI is InChI=1S/2C23H28N4OS/c1-2-7-18(8-3-1)20-16-29-23-21(20)22(24-17-25-23)27-12-6-9-19(15-27)28-14-13-26-10-4-5-11-26;1-2-6-18(7-3-1)20-16-29-23-21(20)22(24-17-25-23)27-12-8-19(9-13-27)28-15-14-26-10-4-5-11-26/h1-3,7-8,16-17,19H,4-6,9-15H2;1-3,6-7,16-17,19H,4-5,8-15H2. The average molecular weight is 817 g/mol. The molecule has 1 unspecified atom stereocenters. The van der Waals surface area contributed by atoms with E-state index in [4.69, 9.17) is 19.4 Å². The Morgan fingerprint density at radius 1 is 0.517 bits per heavy atom. The molecule has 10 rings (SSSR count). The Bertz CT molecular complexity index is 2180. The van der Waals surface area contributed by atoms with Crippen LogP contribution in [0.5, 0.6) is 0 Å². The minimum absolute atomic E-state index is 0.287. The van der Waals surface area contributed by atoms with Gasteiger partial charge >= 0.3 is 0 Å². The van der Waals surface area contributed by atoms with Crippen molar-refractivity contribution in [1.29, 1.82) is 0 Å². The summed E-state index contributed by atoms with van der Waals surface area (Å²) in [5.74, 6) is 2.13. The molecule has 12 heteroatoms. The summed E-state index contributed by atoms with van der Waals surface area (Å²) in [6, 6.07) is 21.1. The normalized spacial score (nSPS) is 19.6. The minimum Gasteiger partial charge on any atom is -0.377 e. The van der Waals surface area contributed by atoms with Crippen LogP contribution in [-0.2, 0) is 9.47 Å². The smallest absolute Gasteiger partial charge is 0.141 e. The van der Waals surface area contributed by atoms with E-state index in [1.54, 1.807) is 35.3 Å². The van der Waals surface area contributed by atoms with Crippen LogP contribution in [0.2, 0.25) is 0 Å². The molecule has 0 aliphatic carbocycles. The molecule has 304 valence electrons. The van der Waals surface area contributed by atoms with Gasteiger partial charge in [-0.1, -0.05) is 60.7 Å². The average Bonchev–Trinajstić information content (AvgIpc) is 4.13. The number of aromatic nitrogens is 4. The Balaban J connectivity index is 0.000000150. The van der Waals surface area contributed by atoms with Gasteiger partial charge in [0.15, 0.2) is 0 Å². The monoisotopic (exact) mass is 816 g/mol. The van der Waals surface area contributed by atoms with Crippen molar-refractivity contribution in [2.24, 2.45) is 0 Å². The largest absolute Gasteiger partial charge is 0.377 e. The first-order valence-electron chi connectivity index (χ1n) is 21.5. The lowest BCUT2D eigenvalue weighted by atomic mass is 10.0. The Morgan fingerprint density at radius 3 is 1.55 bits per heavy atom. The highest BCUT2D eigenvalue weighted by molar-refractivity contribution is 7.17. The molecule has 4 saturated heterocycles. The maximum absolute atomic E-state index is 6.28. The molecule has 2 aromatic carbocycles. The highest BCUT2D eigenvalue weighted by atomic mass is 32.1. The van der Waals surface area contributed by atoms with E-state index < -0.39 is 0 Å². The van der Waals surface area contributed by atoms with E-state index in [0.717, 1.165) is 99.5 Å². The lowest BCUT2D eigenvalue weighted by molar-refractivity contribution is 0.0265. The van der Waals surface area contributed by atoms with Crippen LogP contribution in [0, 0.1) is 0 Å². The van der Waals surface area contributed by atoms with Crippen molar-refractivity contribution >= 4 is 54.7 Å². The summed E-state index contributed by atoms with van der Waals surface area (Å²) in [6.07, 6.45) is 13.9. The van der Waals surface area contributed by atoms with Crippen LogP contribution in [0.15, 0.2) is 84.1 Å². The fraction of sp³-hybridized carbons (Fsp3) is 0.478. The first-order valence-corrected chi connectivity index (χ1v) is 23.3. The van der Waals surface area contributed by atoms with E-state index in [2.05, 4.69) is 101 Å². The predicted octanol–water partition coefficient (Wildman–Crippen LogP) is 8.88. The zero-order chi connectivity index (χ0) is 38.9. The van der Waals surface area contributed by atoms with Gasteiger partial charge in [-0.3, -0.25) is 0 Å². The van der Waals surface area contributed by atoms with Gasteiger partial charge in [-0.15, -0.1) is 22.7 Å². The third-order valence-corrected chi connectivity index (χ3v) is 14.0. The molecule has 6 aromatic rings. The maximum atomic E-state index is 6.28. The summed E-state index contributed by atoms with van der Waals surface area (Å²) >= 11 is 3.40. The lowest BCUT2D eigenvalue weighted by Crippen LogP contribution is -2.41. The van der Waals surface area contributed by atoms with Crippen molar-refractivity contribution in [3.63, 3.8) is 0 Å². The van der Waals surface area contributed by atoms with E-state index in [-0.39, 0.29) is 6.10 Å². The molecule has 4 aliphatic heterocycles. The van der Waals surface area contributed by atoms with Gasteiger partial charge < -0.3 is 29.1 Å². The maximum Gasteiger partial charge on any atom is 0.141 e. The number of benzene rings is 2. The number of hydrogen-bond acceptors (Lipinski definition) is 12. The fourth-order valence-corrected chi connectivity index (χ4v) is 10.9. The molecule has 0 N–H and O–H groups in total. The fourth-order valence-electron chi connectivity index (χ4n) is 9.07. The number of likely N-dealkylation sites (tertiary alicyclic amines) is 2. The van der Waals surface area contributed by atoms with Gasteiger partial charge in [-0.25, -0.2) is 19.9 Å². The summed E-state index contributed by atoms with van der Waals surface area (Å²) in [6.45, 7) is 12.7. The molecule has 10 nitrogen and oxygen atoms in total. The third-order valence-electron chi connectivity index (χ3n) is 12.2. The summed E-state index contributed by atoms with van der Waals surface area (Å²) in [4.78, 5) is 30.5. The third kappa shape index (κ3) is 9.38. The van der Waals surface area contributed by atoms with Gasteiger partial charge in [0.2, 0.25) is 0 Å². The van der Waals surface area contributed by atoms with Crippen LogP contribution >= 0.6 is 22.7 Å². The second-order valence-electron chi connectivity index (χ2n) is 16.0. The van der Waals surface area contributed by atoms with Gasteiger partial charge in [0.05, 0.1) is 36.2 Å². The SMILES string of the molecule is c1ccc(-c2csc3ncnc(N4CCC(OCCN5CCCC5)CC4)c23)cc1.c1ccc(-c2csc3ncnc(N4CCCC(OCCN5CCCC5)C4)c23)cc1. The molecule has 4 aliphatic rings. The van der Waals surface area contributed by atoms with E-state index in [0.29, 0.717) is 6.10 Å². The van der Waals surface area contributed by atoms with Gasteiger partial charge in [0.25, 0.3) is 0 Å². The minimum atomic E-state index is 0.287. The molecule has 0 saturated carbocycles. The molecular formula is C46H56N8O2S2. The number of hydrogen-bond donors (Lipinski definition) is 0. The number of nitrogens with zero attached hydrogens (tertiary/aromatic N) is 8. The second-order valence-corrected chi connectivity index (χ2v) is 17.7. The molecule has 4 fully saturated rings. The molecular weight excluding hydrogens is 761 g/mol. The number of thiophene rings is 2. The van der Waals surface area contributed by atoms with E-state index in [1.165, 1.54) is 84.9 Å². The Labute approximate surface area is 350 Å². The topological polar surface area (TPSA) is 83.0 Å². The van der Waals surface area contributed by atoms with Crippen molar-refractivity contribution in [2.75, 3.05) is 88.5 Å². The Morgan fingerprint density at radius 2 is 1.02 bits per heavy atom. The Kier molecular flexibility index (Phi) is 13.2. The van der Waals surface area contributed by atoms with Crippen molar-refractivity contribution < 1.29 is 9.47 Å². The Hall–Kier alpha value is -4.04. The zero-order valence-electron chi connectivity index (χ0n) is 33.6. The summed E-state index contributed by atoms with van der Waals surface area (Å²) in [7, 11) is 0. The zero-order valence-corrected chi connectivity index (χ0v) is 35.2. The van der Waals surface area contributed by atoms with E-state index in [1.807, 2.05) is 0 Å². The van der Waals surface area contributed by atoms with Gasteiger partial charge in [-0.05, 0) is 88.7 Å². The molecule has 8 heterocycles. The molecule has 0 radical (unpaired) electrons. The molecule has 4 aromatic heterocycles. The van der Waals surface area contributed by atoms with Gasteiger partial charge in [0.1, 0.15) is 34.0 Å². The van der Waals surface area contributed by atoms with E-state index in [9.17, 15) is 0 Å². The van der Waals surface area contributed by atoms with Gasteiger partial charge in [-0.2, -0.15) is 0 Å². The summed E-state index contributed by atoms with van der Waals surface area (Å²) in [5, 5.41) is 6.80. The summed E-state index contributed by atoms with van der Waals surface area (Å²) < 4.78 is 12.5. The van der Waals surface area contributed by atoms with Gasteiger partial charge in [0, 0.05) is 61.2 Å². The highest BCUT2D eigenvalue weighted by Crippen LogP contribution is 2.40. The molecule has 0 bridgehead atoms. The first kappa shape index (κ1) is 39.4. The van der Waals surface area contributed by atoms with Crippen molar-refractivity contribution in [1.82, 2.24) is 29.7 Å². The van der Waals surface area contributed by atoms with Crippen molar-refractivity contribution in [3.05, 3.63) is 84.1 Å². The van der Waals surface area contributed by atoms with Crippen LogP contribution in [0.25, 0.3) is 42.7 Å². The van der Waals surface area contributed by atoms with Crippen LogP contribution in [0.3, 0.4) is 0 Å². The van der Waals surface area contributed by atoms with Crippen molar-refractivity contribution in [3.8, 4) is 22.3 Å². The van der Waals surface area contributed by atoms with Crippen LogP contribution in [0.4, 0.5) is 11.6 Å². The number of anilines is 2. The van der Waals surface area contributed by atoms with Crippen LogP contribution in [0.1, 0.15) is 51.4 Å². The molecule has 58 heavy (non-hydrogen) atoms. The predicted molar refractivity (Wildman–Crippen MR) is 239 cm³/mol. The number of ether oxygens (including phenoxy) is 2. The van der Waals surface area contributed by atoms with Crippen LogP contribution < -0.4 is 9.80 Å². The van der Waals surface area contributed by atoms with E-state index >= 15 is 0 Å². The first-order chi connectivity index (χ1) is 28.8. The number of rotatable bonds is 12. The summed E-state index contributed by atoms with van der Waals surface area (Å²) in [5.41, 5.74) is 4.93. The molecule has 0 spiro atoms. The van der Waals surface area contributed by atoms with Crippen molar-refractivity contribution in [2.45, 2.75) is 63.6 Å². The quantitative estimate of drug-likeness (QED) is 0.120. The molecule has 0 amide bonds. The number of fused-ring (bicyclic) bond motifs is 2.